The van der Waals surface area contributed by atoms with Crippen LogP contribution in [0.2, 0.25) is 5.02 Å². The van der Waals surface area contributed by atoms with Gasteiger partial charge in [0.05, 0.1) is 23.0 Å². The average molecular weight is 401 g/mol. The molecule has 0 bridgehead atoms. The highest BCUT2D eigenvalue weighted by atomic mass is 35.5. The molecular formula is C24H17ClN2O2. The van der Waals surface area contributed by atoms with E-state index in [9.17, 15) is 4.79 Å². The van der Waals surface area contributed by atoms with Gasteiger partial charge in [-0.05, 0) is 42.0 Å². The fourth-order valence-electron chi connectivity index (χ4n) is 3.70. The molecule has 0 fully saturated rings. The quantitative estimate of drug-likeness (QED) is 0.408. The molecule has 142 valence electrons. The second-order valence-corrected chi connectivity index (χ2v) is 7.42. The highest BCUT2D eigenvalue weighted by Crippen LogP contribution is 2.36. The minimum atomic E-state index is -0.368. The molecule has 1 atom stereocenters. The molecule has 1 aliphatic rings. The third kappa shape index (κ3) is 3.32. The number of fused-ring (bicyclic) bond motifs is 1. The van der Waals surface area contributed by atoms with Gasteiger partial charge in [-0.25, -0.2) is 4.79 Å². The molecule has 0 saturated carbocycles. The predicted molar refractivity (Wildman–Crippen MR) is 117 cm³/mol. The monoisotopic (exact) mass is 400 g/mol. The molecule has 1 aliphatic heterocycles. The summed E-state index contributed by atoms with van der Waals surface area (Å²) in [5, 5.41) is 8.37. The summed E-state index contributed by atoms with van der Waals surface area (Å²) >= 11 is 6.08. The Kier molecular flexibility index (Phi) is 4.41. The van der Waals surface area contributed by atoms with Gasteiger partial charge >= 0.3 is 5.63 Å². The summed E-state index contributed by atoms with van der Waals surface area (Å²) < 4.78 is 5.53. The Bertz CT molecular complexity index is 1260. The van der Waals surface area contributed by atoms with Crippen LogP contribution in [0.1, 0.15) is 23.6 Å². The Labute approximate surface area is 172 Å². The molecule has 4 aromatic rings. The van der Waals surface area contributed by atoms with Gasteiger partial charge in [-0.15, -0.1) is 0 Å². The van der Waals surface area contributed by atoms with Gasteiger partial charge in [0.1, 0.15) is 5.58 Å². The van der Waals surface area contributed by atoms with E-state index in [1.807, 2.05) is 83.9 Å². The van der Waals surface area contributed by atoms with Crippen LogP contribution in [-0.4, -0.2) is 5.71 Å². The van der Waals surface area contributed by atoms with E-state index in [0.717, 1.165) is 16.6 Å². The lowest BCUT2D eigenvalue weighted by Crippen LogP contribution is -2.18. The summed E-state index contributed by atoms with van der Waals surface area (Å²) in [6, 6.07) is 27.1. The molecule has 0 radical (unpaired) electrons. The van der Waals surface area contributed by atoms with Crippen molar-refractivity contribution in [2.75, 3.05) is 5.01 Å². The Morgan fingerprint density at radius 3 is 2.45 bits per heavy atom. The van der Waals surface area contributed by atoms with E-state index < -0.39 is 0 Å². The van der Waals surface area contributed by atoms with Crippen molar-refractivity contribution in [2.24, 2.45) is 5.10 Å². The summed E-state index contributed by atoms with van der Waals surface area (Å²) in [6.45, 7) is 0. The highest BCUT2D eigenvalue weighted by Gasteiger charge is 2.31. The predicted octanol–water partition coefficient (Wildman–Crippen LogP) is 5.80. The minimum Gasteiger partial charge on any atom is -0.422 e. The largest absolute Gasteiger partial charge is 0.422 e. The van der Waals surface area contributed by atoms with Crippen LogP contribution in [0.3, 0.4) is 0 Å². The summed E-state index contributed by atoms with van der Waals surface area (Å²) in [5.74, 6) is 0. The fraction of sp³-hybridized carbons (Fsp3) is 0.0833. The van der Waals surface area contributed by atoms with E-state index in [1.54, 1.807) is 6.07 Å². The van der Waals surface area contributed by atoms with Gasteiger partial charge in [0.2, 0.25) is 0 Å². The van der Waals surface area contributed by atoms with Crippen LogP contribution in [0.15, 0.2) is 99.2 Å². The van der Waals surface area contributed by atoms with Crippen molar-refractivity contribution in [3.05, 3.63) is 111 Å². The van der Waals surface area contributed by atoms with Crippen molar-refractivity contribution < 1.29 is 4.42 Å². The lowest BCUT2D eigenvalue weighted by atomic mass is 9.98. The number of nitrogens with zero attached hydrogens (tertiary/aromatic N) is 2. The van der Waals surface area contributed by atoms with Crippen LogP contribution in [-0.2, 0) is 0 Å². The zero-order valence-electron chi connectivity index (χ0n) is 15.5. The maximum atomic E-state index is 12.7. The van der Waals surface area contributed by atoms with E-state index >= 15 is 0 Å². The molecule has 5 rings (SSSR count). The Hall–Kier alpha value is -3.37. The molecule has 0 aliphatic carbocycles. The lowest BCUT2D eigenvalue weighted by molar-refractivity contribution is 0.559. The molecular weight excluding hydrogens is 384 g/mol. The first kappa shape index (κ1) is 17.7. The van der Waals surface area contributed by atoms with E-state index in [-0.39, 0.29) is 11.7 Å². The number of rotatable bonds is 3. The van der Waals surface area contributed by atoms with Crippen molar-refractivity contribution in [3.63, 3.8) is 0 Å². The maximum absolute atomic E-state index is 12.7. The first-order valence-corrected chi connectivity index (χ1v) is 9.77. The summed E-state index contributed by atoms with van der Waals surface area (Å²) in [6.07, 6.45) is 0.597. The van der Waals surface area contributed by atoms with Crippen molar-refractivity contribution in [2.45, 2.75) is 12.5 Å². The third-order valence-electron chi connectivity index (χ3n) is 5.14. The van der Waals surface area contributed by atoms with E-state index in [1.165, 1.54) is 0 Å². The van der Waals surface area contributed by atoms with Crippen LogP contribution in [0.25, 0.3) is 11.0 Å². The molecule has 0 saturated heterocycles. The van der Waals surface area contributed by atoms with E-state index in [2.05, 4.69) is 0 Å². The number of hydrazone groups is 1. The van der Waals surface area contributed by atoms with Crippen LogP contribution in [0.5, 0.6) is 0 Å². The van der Waals surface area contributed by atoms with Gasteiger partial charge in [-0.2, -0.15) is 5.10 Å². The zero-order valence-corrected chi connectivity index (χ0v) is 16.2. The van der Waals surface area contributed by atoms with Crippen LogP contribution < -0.4 is 10.6 Å². The summed E-state index contributed by atoms with van der Waals surface area (Å²) in [7, 11) is 0. The Morgan fingerprint density at radius 2 is 1.66 bits per heavy atom. The molecule has 0 N–H and O–H groups in total. The number of para-hydroxylation sites is 2. The van der Waals surface area contributed by atoms with Crippen LogP contribution >= 0.6 is 11.6 Å². The first-order chi connectivity index (χ1) is 14.2. The molecule has 0 spiro atoms. The number of hydrogen-bond acceptors (Lipinski definition) is 4. The molecule has 0 unspecified atom stereocenters. The van der Waals surface area contributed by atoms with Gasteiger partial charge in [0.15, 0.2) is 0 Å². The van der Waals surface area contributed by atoms with Crippen molar-refractivity contribution in [3.8, 4) is 0 Å². The molecule has 0 amide bonds. The number of anilines is 1. The molecule has 29 heavy (non-hydrogen) atoms. The highest BCUT2D eigenvalue weighted by molar-refractivity contribution is 6.30. The minimum absolute atomic E-state index is 0.0319. The maximum Gasteiger partial charge on any atom is 0.345 e. The number of halogens is 1. The molecule has 3 aromatic carbocycles. The molecule has 5 heteroatoms. The summed E-state index contributed by atoms with van der Waals surface area (Å²) in [5.41, 5.74) is 3.48. The first-order valence-electron chi connectivity index (χ1n) is 9.39. The van der Waals surface area contributed by atoms with Crippen molar-refractivity contribution in [1.29, 1.82) is 0 Å². The van der Waals surface area contributed by atoms with Crippen LogP contribution in [0.4, 0.5) is 5.69 Å². The number of benzene rings is 3. The molecule has 4 nitrogen and oxygen atoms in total. The van der Waals surface area contributed by atoms with E-state index in [0.29, 0.717) is 28.3 Å². The van der Waals surface area contributed by atoms with Gasteiger partial charge in [0.25, 0.3) is 0 Å². The Balaban J connectivity index is 1.61. The van der Waals surface area contributed by atoms with Gasteiger partial charge < -0.3 is 4.42 Å². The molecule has 1 aromatic heterocycles. The third-order valence-corrected chi connectivity index (χ3v) is 5.39. The lowest BCUT2D eigenvalue weighted by Gasteiger charge is -2.24. The van der Waals surface area contributed by atoms with Crippen molar-refractivity contribution in [1.82, 2.24) is 0 Å². The second kappa shape index (κ2) is 7.22. The van der Waals surface area contributed by atoms with Gasteiger partial charge in [-0.3, -0.25) is 5.01 Å². The molecule has 2 heterocycles. The number of hydrogen-bond donors (Lipinski definition) is 0. The second-order valence-electron chi connectivity index (χ2n) is 6.98. The van der Waals surface area contributed by atoms with Gasteiger partial charge in [0, 0.05) is 16.8 Å². The van der Waals surface area contributed by atoms with E-state index in [4.69, 9.17) is 21.1 Å². The van der Waals surface area contributed by atoms with Crippen LogP contribution in [0, 0.1) is 0 Å². The average Bonchev–Trinajstić information content (AvgIpc) is 3.19. The SMILES string of the molecule is O=c1oc2ccccc2cc1C1=NN(c2ccccc2)[C@@H](c2ccc(Cl)cc2)C1. The van der Waals surface area contributed by atoms with Crippen molar-refractivity contribution >= 4 is 34.0 Å². The fourth-order valence-corrected chi connectivity index (χ4v) is 3.83. The zero-order chi connectivity index (χ0) is 19.8. The Morgan fingerprint density at radius 1 is 0.931 bits per heavy atom. The summed E-state index contributed by atoms with van der Waals surface area (Å²) in [4.78, 5) is 12.7. The normalized spacial score (nSPS) is 16.2. The smallest absolute Gasteiger partial charge is 0.345 e. The van der Waals surface area contributed by atoms with Gasteiger partial charge in [-0.1, -0.05) is 60.1 Å². The topological polar surface area (TPSA) is 45.8 Å². The standard InChI is InChI=1S/C24H17ClN2O2/c25-18-12-10-16(11-13-18)22-15-21(26-27(22)19-7-2-1-3-8-19)20-14-17-6-4-5-9-23(17)29-24(20)28/h1-14,22H,15H2/t22-/m1/s1.